The van der Waals surface area contributed by atoms with Gasteiger partial charge in [-0.25, -0.2) is 8.78 Å². The Morgan fingerprint density at radius 2 is 1.86 bits per heavy atom. The van der Waals surface area contributed by atoms with Crippen molar-refractivity contribution in [1.29, 1.82) is 0 Å². The average molecular weight is 388 g/mol. The van der Waals surface area contributed by atoms with Gasteiger partial charge in [0.2, 0.25) is 5.91 Å². The van der Waals surface area contributed by atoms with Crippen LogP contribution in [0.2, 0.25) is 0 Å². The molecule has 2 aromatic carbocycles. The Labute approximate surface area is 162 Å². The molecule has 1 heterocycles. The zero-order valence-electron chi connectivity index (χ0n) is 15.3. The summed E-state index contributed by atoms with van der Waals surface area (Å²) < 4.78 is 32.6. The lowest BCUT2D eigenvalue weighted by Gasteiger charge is -2.29. The van der Waals surface area contributed by atoms with Crippen molar-refractivity contribution in [2.24, 2.45) is 0 Å². The summed E-state index contributed by atoms with van der Waals surface area (Å²) in [6, 6.07) is 10.4. The number of ether oxygens (including phenoxy) is 1. The lowest BCUT2D eigenvalue weighted by molar-refractivity contribution is -0.117. The molecule has 1 saturated heterocycles. The third kappa shape index (κ3) is 4.94. The van der Waals surface area contributed by atoms with E-state index in [0.29, 0.717) is 13.2 Å². The van der Waals surface area contributed by atoms with Crippen LogP contribution in [0.3, 0.4) is 0 Å². The van der Waals surface area contributed by atoms with Crippen molar-refractivity contribution >= 4 is 17.7 Å². The Bertz CT molecular complexity index is 831. The molecule has 1 amide bonds. The van der Waals surface area contributed by atoms with Gasteiger partial charge in [-0.05, 0) is 35.9 Å². The van der Waals surface area contributed by atoms with Gasteiger partial charge < -0.3 is 20.1 Å². The third-order valence-electron chi connectivity index (χ3n) is 4.55. The van der Waals surface area contributed by atoms with Crippen molar-refractivity contribution in [2.45, 2.75) is 6.04 Å². The minimum Gasteiger partial charge on any atom is -0.394 e. The van der Waals surface area contributed by atoms with Gasteiger partial charge in [0.15, 0.2) is 0 Å². The normalized spacial score (nSPS) is 15.6. The highest BCUT2D eigenvalue weighted by Crippen LogP contribution is 2.22. The van der Waals surface area contributed by atoms with Crippen molar-refractivity contribution in [3.63, 3.8) is 0 Å². The number of anilines is 1. The smallest absolute Gasteiger partial charge is 0.244 e. The molecule has 0 saturated carbocycles. The monoisotopic (exact) mass is 388 g/mol. The minimum absolute atomic E-state index is 0.285. The molecule has 1 atom stereocenters. The topological polar surface area (TPSA) is 61.8 Å². The Morgan fingerprint density at radius 3 is 2.54 bits per heavy atom. The minimum atomic E-state index is -0.749. The number of carbonyl (C=O) groups is 1. The summed E-state index contributed by atoms with van der Waals surface area (Å²) in [4.78, 5) is 14.4. The van der Waals surface area contributed by atoms with E-state index in [1.165, 1.54) is 6.07 Å². The van der Waals surface area contributed by atoms with E-state index in [2.05, 4.69) is 10.2 Å². The summed E-state index contributed by atoms with van der Waals surface area (Å²) in [6.45, 7) is 2.55. The van der Waals surface area contributed by atoms with E-state index < -0.39 is 23.6 Å². The van der Waals surface area contributed by atoms with Gasteiger partial charge >= 0.3 is 0 Å². The first kappa shape index (κ1) is 20.0. The summed E-state index contributed by atoms with van der Waals surface area (Å²) in [7, 11) is 0. The van der Waals surface area contributed by atoms with Crippen LogP contribution in [-0.4, -0.2) is 43.9 Å². The molecule has 1 aliphatic heterocycles. The summed E-state index contributed by atoms with van der Waals surface area (Å²) >= 11 is 0. The van der Waals surface area contributed by atoms with Gasteiger partial charge in [0.1, 0.15) is 11.6 Å². The molecule has 1 aliphatic rings. The molecule has 2 aromatic rings. The van der Waals surface area contributed by atoms with Gasteiger partial charge in [0.05, 0.1) is 25.9 Å². The number of amides is 1. The maximum absolute atomic E-state index is 13.6. The lowest BCUT2D eigenvalue weighted by atomic mass is 10.1. The number of rotatable bonds is 6. The number of benzene rings is 2. The number of aliphatic hydroxyl groups is 1. The van der Waals surface area contributed by atoms with Crippen LogP contribution < -0.4 is 10.2 Å². The second-order valence-electron chi connectivity index (χ2n) is 6.41. The van der Waals surface area contributed by atoms with E-state index in [0.717, 1.165) is 48.6 Å². The number of carbonyl (C=O) groups excluding carboxylic acids is 1. The van der Waals surface area contributed by atoms with E-state index in [1.807, 2.05) is 24.3 Å². The Balaban J connectivity index is 1.70. The number of hydrogen-bond acceptors (Lipinski definition) is 4. The van der Waals surface area contributed by atoms with E-state index >= 15 is 0 Å². The molecule has 2 N–H and O–H groups in total. The quantitative estimate of drug-likeness (QED) is 0.747. The Morgan fingerprint density at radius 1 is 1.18 bits per heavy atom. The second-order valence-corrected chi connectivity index (χ2v) is 6.41. The Kier molecular flexibility index (Phi) is 6.73. The third-order valence-corrected chi connectivity index (χ3v) is 4.55. The van der Waals surface area contributed by atoms with Crippen LogP contribution in [0.1, 0.15) is 17.2 Å². The van der Waals surface area contributed by atoms with Crippen LogP contribution in [-0.2, 0) is 9.53 Å². The first-order chi connectivity index (χ1) is 13.6. The van der Waals surface area contributed by atoms with Crippen molar-refractivity contribution in [2.75, 3.05) is 37.8 Å². The van der Waals surface area contributed by atoms with Crippen molar-refractivity contribution in [3.8, 4) is 0 Å². The van der Waals surface area contributed by atoms with E-state index in [-0.39, 0.29) is 12.2 Å². The summed E-state index contributed by atoms with van der Waals surface area (Å²) in [5.74, 6) is -2.06. The van der Waals surface area contributed by atoms with Gasteiger partial charge in [-0.1, -0.05) is 18.2 Å². The van der Waals surface area contributed by atoms with E-state index in [9.17, 15) is 18.7 Å². The molecular formula is C21H22F2N2O3. The molecule has 5 nitrogen and oxygen atoms in total. The van der Waals surface area contributed by atoms with Gasteiger partial charge in [-0.3, -0.25) is 4.79 Å². The van der Waals surface area contributed by atoms with E-state index in [1.54, 1.807) is 0 Å². The molecule has 0 aliphatic carbocycles. The standard InChI is InChI=1S/C21H22F2N2O3/c22-18-5-2-6-19(23)17(18)7-8-21(27)24-20(14-26)15-3-1-4-16(13-15)25-9-11-28-12-10-25/h1-8,13,20,26H,9-12,14H2,(H,24,27)/t20-/m1/s1. The SMILES string of the molecule is O=C(C=Cc1c(F)cccc1F)N[C@H](CO)c1cccc(N2CCOCC2)c1. The van der Waals surface area contributed by atoms with Gasteiger partial charge in [-0.2, -0.15) is 0 Å². The zero-order chi connectivity index (χ0) is 19.9. The predicted molar refractivity (Wildman–Crippen MR) is 103 cm³/mol. The van der Waals surface area contributed by atoms with Crippen molar-refractivity contribution in [1.82, 2.24) is 5.32 Å². The second kappa shape index (κ2) is 9.43. The van der Waals surface area contributed by atoms with Crippen molar-refractivity contribution in [3.05, 3.63) is 71.3 Å². The van der Waals surface area contributed by atoms with Crippen LogP contribution in [0.4, 0.5) is 14.5 Å². The molecule has 3 rings (SSSR count). The van der Waals surface area contributed by atoms with Crippen LogP contribution in [0.5, 0.6) is 0 Å². The fraction of sp³-hybridized carbons (Fsp3) is 0.286. The summed E-state index contributed by atoms with van der Waals surface area (Å²) in [5.41, 5.74) is 1.44. The molecule has 1 fully saturated rings. The fourth-order valence-corrected chi connectivity index (χ4v) is 3.04. The van der Waals surface area contributed by atoms with Crippen LogP contribution in [0.25, 0.3) is 6.08 Å². The molecule has 148 valence electrons. The molecule has 0 aromatic heterocycles. The number of hydrogen-bond donors (Lipinski definition) is 2. The highest BCUT2D eigenvalue weighted by Gasteiger charge is 2.16. The number of morpholine rings is 1. The van der Waals surface area contributed by atoms with E-state index in [4.69, 9.17) is 4.74 Å². The summed E-state index contributed by atoms with van der Waals surface area (Å²) in [6.07, 6.45) is 2.13. The van der Waals surface area contributed by atoms with Crippen LogP contribution >= 0.6 is 0 Å². The lowest BCUT2D eigenvalue weighted by Crippen LogP contribution is -2.36. The highest BCUT2D eigenvalue weighted by atomic mass is 19.1. The zero-order valence-corrected chi connectivity index (χ0v) is 15.3. The average Bonchev–Trinajstić information content (AvgIpc) is 2.72. The first-order valence-electron chi connectivity index (χ1n) is 9.04. The number of halogens is 2. The Hall–Kier alpha value is -2.77. The molecule has 0 radical (unpaired) electrons. The molecule has 7 heteroatoms. The maximum atomic E-state index is 13.6. The summed E-state index contributed by atoms with van der Waals surface area (Å²) in [5, 5.41) is 12.4. The first-order valence-corrected chi connectivity index (χ1v) is 9.04. The highest BCUT2D eigenvalue weighted by molar-refractivity contribution is 5.92. The van der Waals surface area contributed by atoms with Gasteiger partial charge in [-0.15, -0.1) is 0 Å². The van der Waals surface area contributed by atoms with Crippen molar-refractivity contribution < 1.29 is 23.4 Å². The number of aliphatic hydroxyl groups excluding tert-OH is 1. The van der Waals surface area contributed by atoms with Crippen LogP contribution in [0, 0.1) is 11.6 Å². The maximum Gasteiger partial charge on any atom is 0.244 e. The molecule has 0 spiro atoms. The molecule has 28 heavy (non-hydrogen) atoms. The largest absolute Gasteiger partial charge is 0.394 e. The van der Waals surface area contributed by atoms with Gasteiger partial charge in [0.25, 0.3) is 0 Å². The number of nitrogens with one attached hydrogen (secondary N) is 1. The molecule has 0 unspecified atom stereocenters. The van der Waals surface area contributed by atoms with Gasteiger partial charge in [0, 0.05) is 30.4 Å². The molecule has 0 bridgehead atoms. The molecular weight excluding hydrogens is 366 g/mol. The number of nitrogens with zero attached hydrogens (tertiary/aromatic N) is 1. The fourth-order valence-electron chi connectivity index (χ4n) is 3.04. The predicted octanol–water partition coefficient (Wildman–Crippen LogP) is 2.66. The van der Waals surface area contributed by atoms with Crippen LogP contribution in [0.15, 0.2) is 48.5 Å².